The first-order chi connectivity index (χ1) is 13.1. The van der Waals surface area contributed by atoms with Gasteiger partial charge in [0.15, 0.2) is 11.6 Å². The monoisotopic (exact) mass is 370 g/mol. The largest absolute Gasteiger partial charge is 0.494 e. The van der Waals surface area contributed by atoms with Gasteiger partial charge in [-0.1, -0.05) is 12.1 Å². The molecule has 2 aromatic carbocycles. The minimum absolute atomic E-state index is 0.0861. The van der Waals surface area contributed by atoms with Crippen LogP contribution in [0.25, 0.3) is 10.9 Å². The first-order valence-corrected chi connectivity index (χ1v) is 8.83. The van der Waals surface area contributed by atoms with Crippen molar-refractivity contribution in [3.63, 3.8) is 0 Å². The molecule has 1 saturated heterocycles. The third kappa shape index (κ3) is 3.13. The van der Waals surface area contributed by atoms with Gasteiger partial charge in [-0.2, -0.15) is 0 Å². The van der Waals surface area contributed by atoms with Crippen molar-refractivity contribution in [2.75, 3.05) is 36.5 Å². The van der Waals surface area contributed by atoms with Crippen LogP contribution in [0.5, 0.6) is 5.75 Å². The standard InChI is InChI=1S/C20H20F2N4O/c1-13-11-25(7-8-26(13)18-6-4-3-5-15(18)21)20-14-9-19(27-2)16(22)10-17(14)23-12-24-20/h3-6,9-10,12-13H,7-8,11H2,1-2H3. The van der Waals surface area contributed by atoms with Crippen LogP contribution in [-0.4, -0.2) is 42.8 Å². The summed E-state index contributed by atoms with van der Waals surface area (Å²) in [6.07, 6.45) is 1.44. The Hall–Kier alpha value is -2.96. The fourth-order valence-electron chi connectivity index (χ4n) is 3.65. The lowest BCUT2D eigenvalue weighted by atomic mass is 10.1. The number of hydrogen-bond acceptors (Lipinski definition) is 5. The fourth-order valence-corrected chi connectivity index (χ4v) is 3.65. The lowest BCUT2D eigenvalue weighted by Crippen LogP contribution is -2.52. The number of ether oxygens (including phenoxy) is 1. The summed E-state index contributed by atoms with van der Waals surface area (Å²) < 4.78 is 33.3. The second-order valence-electron chi connectivity index (χ2n) is 6.64. The van der Waals surface area contributed by atoms with E-state index in [0.717, 1.165) is 11.2 Å². The number of rotatable bonds is 3. The van der Waals surface area contributed by atoms with Crippen LogP contribution >= 0.6 is 0 Å². The highest BCUT2D eigenvalue weighted by Gasteiger charge is 2.27. The summed E-state index contributed by atoms with van der Waals surface area (Å²) >= 11 is 0. The Morgan fingerprint density at radius 2 is 1.89 bits per heavy atom. The van der Waals surface area contributed by atoms with Crippen molar-refractivity contribution >= 4 is 22.4 Å². The lowest BCUT2D eigenvalue weighted by Gasteiger charge is -2.42. The van der Waals surface area contributed by atoms with E-state index >= 15 is 0 Å². The summed E-state index contributed by atoms with van der Waals surface area (Å²) in [4.78, 5) is 12.8. The summed E-state index contributed by atoms with van der Waals surface area (Å²) in [7, 11) is 1.43. The number of anilines is 2. The highest BCUT2D eigenvalue weighted by atomic mass is 19.1. The Balaban J connectivity index is 1.65. The van der Waals surface area contributed by atoms with E-state index in [2.05, 4.69) is 26.7 Å². The summed E-state index contributed by atoms with van der Waals surface area (Å²) in [6.45, 7) is 4.05. The van der Waals surface area contributed by atoms with Gasteiger partial charge < -0.3 is 14.5 Å². The normalized spacial score (nSPS) is 17.4. The van der Waals surface area contributed by atoms with Crippen molar-refractivity contribution in [3.05, 3.63) is 54.4 Å². The van der Waals surface area contributed by atoms with Gasteiger partial charge in [-0.15, -0.1) is 0 Å². The number of fused-ring (bicyclic) bond motifs is 1. The number of aromatic nitrogens is 2. The molecule has 0 saturated carbocycles. The zero-order valence-corrected chi connectivity index (χ0v) is 15.2. The average Bonchev–Trinajstić information content (AvgIpc) is 2.67. The third-order valence-electron chi connectivity index (χ3n) is 4.98. The topological polar surface area (TPSA) is 41.5 Å². The van der Waals surface area contributed by atoms with E-state index in [1.807, 2.05) is 6.07 Å². The number of para-hydroxylation sites is 1. The summed E-state index contributed by atoms with van der Waals surface area (Å²) in [5, 5.41) is 0.738. The van der Waals surface area contributed by atoms with Gasteiger partial charge in [0.2, 0.25) is 0 Å². The van der Waals surface area contributed by atoms with Crippen molar-refractivity contribution in [2.24, 2.45) is 0 Å². The number of halogens is 2. The second kappa shape index (κ2) is 6.98. The van der Waals surface area contributed by atoms with Crippen molar-refractivity contribution in [1.29, 1.82) is 0 Å². The number of piperazine rings is 1. The Bertz CT molecular complexity index is 981. The Morgan fingerprint density at radius 1 is 1.07 bits per heavy atom. The Morgan fingerprint density at radius 3 is 2.63 bits per heavy atom. The molecule has 3 aromatic rings. The van der Waals surface area contributed by atoms with E-state index in [0.29, 0.717) is 30.8 Å². The molecule has 1 unspecified atom stereocenters. The number of nitrogens with zero attached hydrogens (tertiary/aromatic N) is 4. The van der Waals surface area contributed by atoms with Gasteiger partial charge in [-0.25, -0.2) is 18.7 Å². The molecule has 27 heavy (non-hydrogen) atoms. The molecule has 4 rings (SSSR count). The van der Waals surface area contributed by atoms with Crippen LogP contribution < -0.4 is 14.5 Å². The molecule has 0 amide bonds. The predicted octanol–water partition coefficient (Wildman–Crippen LogP) is 3.63. The lowest BCUT2D eigenvalue weighted by molar-refractivity contribution is 0.387. The molecular weight excluding hydrogens is 350 g/mol. The van der Waals surface area contributed by atoms with Crippen LogP contribution in [0.4, 0.5) is 20.3 Å². The van der Waals surface area contributed by atoms with Gasteiger partial charge in [0.1, 0.15) is 18.0 Å². The van der Waals surface area contributed by atoms with E-state index in [4.69, 9.17) is 4.74 Å². The molecule has 0 N–H and O–H groups in total. The van der Waals surface area contributed by atoms with E-state index in [-0.39, 0.29) is 17.6 Å². The van der Waals surface area contributed by atoms with Crippen LogP contribution in [-0.2, 0) is 0 Å². The fraction of sp³-hybridized carbons (Fsp3) is 0.300. The van der Waals surface area contributed by atoms with Crippen LogP contribution in [0.2, 0.25) is 0 Å². The third-order valence-corrected chi connectivity index (χ3v) is 4.98. The smallest absolute Gasteiger partial charge is 0.167 e. The van der Waals surface area contributed by atoms with Crippen LogP contribution in [0.1, 0.15) is 6.92 Å². The maximum absolute atomic E-state index is 14.2. The molecule has 5 nitrogen and oxygen atoms in total. The zero-order valence-electron chi connectivity index (χ0n) is 15.2. The van der Waals surface area contributed by atoms with Gasteiger partial charge >= 0.3 is 0 Å². The van der Waals surface area contributed by atoms with Crippen LogP contribution in [0.3, 0.4) is 0 Å². The summed E-state index contributed by atoms with van der Waals surface area (Å²) in [5.41, 5.74) is 1.14. The Labute approximate surface area is 156 Å². The van der Waals surface area contributed by atoms with Crippen LogP contribution in [0, 0.1) is 11.6 Å². The Kier molecular flexibility index (Phi) is 4.51. The SMILES string of the molecule is COc1cc2c(N3CCN(c4ccccc4F)C(C)C3)ncnc2cc1F. The molecule has 0 spiro atoms. The van der Waals surface area contributed by atoms with E-state index in [9.17, 15) is 8.78 Å². The number of methoxy groups -OCH3 is 1. The van der Waals surface area contributed by atoms with Gasteiger partial charge in [-0.05, 0) is 25.1 Å². The molecule has 1 aromatic heterocycles. The predicted molar refractivity (Wildman–Crippen MR) is 101 cm³/mol. The molecule has 2 heterocycles. The molecule has 1 fully saturated rings. The molecule has 0 radical (unpaired) electrons. The van der Waals surface area contributed by atoms with E-state index < -0.39 is 5.82 Å². The first-order valence-electron chi connectivity index (χ1n) is 8.83. The molecule has 0 bridgehead atoms. The molecule has 1 aliphatic rings. The average molecular weight is 370 g/mol. The maximum atomic E-state index is 14.2. The summed E-state index contributed by atoms with van der Waals surface area (Å²) in [5.74, 6) is 0.229. The second-order valence-corrected chi connectivity index (χ2v) is 6.64. The molecule has 140 valence electrons. The first kappa shape index (κ1) is 17.5. The van der Waals surface area contributed by atoms with Crippen molar-refractivity contribution in [3.8, 4) is 5.75 Å². The van der Waals surface area contributed by atoms with Crippen LogP contribution in [0.15, 0.2) is 42.7 Å². The zero-order chi connectivity index (χ0) is 19.0. The van der Waals surface area contributed by atoms with Gasteiger partial charge in [-0.3, -0.25) is 0 Å². The maximum Gasteiger partial charge on any atom is 0.167 e. The van der Waals surface area contributed by atoms with Crippen molar-refractivity contribution in [2.45, 2.75) is 13.0 Å². The molecular formula is C20H20F2N4O. The molecule has 1 aliphatic heterocycles. The number of benzene rings is 2. The summed E-state index contributed by atoms with van der Waals surface area (Å²) in [6, 6.07) is 9.90. The highest BCUT2D eigenvalue weighted by molar-refractivity contribution is 5.90. The molecule has 1 atom stereocenters. The van der Waals surface area contributed by atoms with Gasteiger partial charge in [0, 0.05) is 37.1 Å². The van der Waals surface area contributed by atoms with Crippen molar-refractivity contribution in [1.82, 2.24) is 9.97 Å². The van der Waals surface area contributed by atoms with E-state index in [1.165, 1.54) is 25.6 Å². The van der Waals surface area contributed by atoms with Gasteiger partial charge in [0.25, 0.3) is 0 Å². The minimum atomic E-state index is -0.451. The minimum Gasteiger partial charge on any atom is -0.494 e. The highest BCUT2D eigenvalue weighted by Crippen LogP contribution is 2.31. The quantitative estimate of drug-likeness (QED) is 0.704. The van der Waals surface area contributed by atoms with Crippen molar-refractivity contribution < 1.29 is 13.5 Å². The number of hydrogen-bond donors (Lipinski definition) is 0. The van der Waals surface area contributed by atoms with Gasteiger partial charge in [0.05, 0.1) is 18.3 Å². The molecule has 7 heteroatoms. The molecule has 0 aliphatic carbocycles. The van der Waals surface area contributed by atoms with E-state index in [1.54, 1.807) is 18.2 Å².